The zero-order valence-electron chi connectivity index (χ0n) is 25.2. The number of hydrogen-bond acceptors (Lipinski definition) is 5. The number of β-lactam (4-membered cyclic amide) rings is 1. The number of carbonyl (C=O) groups excluding carboxylic acids is 2. The van der Waals surface area contributed by atoms with Crippen LogP contribution >= 0.6 is 0 Å². The van der Waals surface area contributed by atoms with Gasteiger partial charge in [-0.3, -0.25) is 4.79 Å². The summed E-state index contributed by atoms with van der Waals surface area (Å²) in [5.74, 6) is -0.381. The average Bonchev–Trinajstić information content (AvgIpc) is 3.05. The third-order valence-electron chi connectivity index (χ3n) is 9.79. The van der Waals surface area contributed by atoms with E-state index in [1.807, 2.05) is 0 Å². The predicted octanol–water partition coefficient (Wildman–Crippen LogP) is 6.66. The van der Waals surface area contributed by atoms with Crippen molar-refractivity contribution in [3.63, 3.8) is 0 Å². The molecule has 0 aromatic carbocycles. The van der Waals surface area contributed by atoms with Crippen molar-refractivity contribution in [1.82, 2.24) is 4.90 Å². The Hall–Kier alpha value is -1.23. The zero-order valence-corrected chi connectivity index (χ0v) is 27.2. The summed E-state index contributed by atoms with van der Waals surface area (Å²) in [6.07, 6.45) is 4.39. The molecular formula is C29H51NO5Si2. The van der Waals surface area contributed by atoms with Crippen molar-refractivity contribution >= 4 is 28.5 Å². The third kappa shape index (κ3) is 5.59. The molecule has 5 atom stereocenters. The molecule has 1 unspecified atom stereocenters. The standard InChI is InChI=1S/C29H51NO5Si2/c1-13-17-33-27(32)25-23-20(18-34-36(9,10)28(3,4)5)15-14-16-21(23)24-22(26(31)30(24)25)19(2)35-37(11,12)29(6,7)8/h13,19-22,24H,1,14-18H2,2-12H3/t19?,20-,21+,22-,24-/m1/s1. The maximum atomic E-state index is 13.7. The molecule has 0 N–H and O–H groups in total. The van der Waals surface area contributed by atoms with Gasteiger partial charge in [-0.05, 0) is 61.6 Å². The maximum absolute atomic E-state index is 13.7. The molecule has 3 aliphatic rings. The first-order chi connectivity index (χ1) is 16.9. The lowest BCUT2D eigenvalue weighted by molar-refractivity contribution is -0.163. The molecule has 0 spiro atoms. The molecule has 6 nitrogen and oxygen atoms in total. The molecule has 1 saturated heterocycles. The molecule has 0 bridgehead atoms. The second-order valence-electron chi connectivity index (χ2n) is 14.3. The summed E-state index contributed by atoms with van der Waals surface area (Å²) in [4.78, 5) is 28.8. The van der Waals surface area contributed by atoms with Gasteiger partial charge in [0.25, 0.3) is 0 Å². The van der Waals surface area contributed by atoms with Gasteiger partial charge < -0.3 is 18.5 Å². The Kier molecular flexibility index (Phi) is 8.52. The minimum absolute atomic E-state index is 0.00673. The van der Waals surface area contributed by atoms with E-state index in [-0.39, 0.29) is 52.5 Å². The molecular weight excluding hydrogens is 498 g/mol. The number of ether oxygens (including phenoxy) is 1. The fourth-order valence-corrected chi connectivity index (χ4v) is 8.07. The van der Waals surface area contributed by atoms with Crippen LogP contribution in [0.15, 0.2) is 23.9 Å². The van der Waals surface area contributed by atoms with Crippen LogP contribution in [0.5, 0.6) is 0 Å². The van der Waals surface area contributed by atoms with Crippen molar-refractivity contribution in [2.75, 3.05) is 13.2 Å². The summed E-state index contributed by atoms with van der Waals surface area (Å²) in [7, 11) is -4.01. The van der Waals surface area contributed by atoms with Gasteiger partial charge in [0.05, 0.1) is 18.1 Å². The van der Waals surface area contributed by atoms with Crippen LogP contribution in [0.1, 0.15) is 67.7 Å². The van der Waals surface area contributed by atoms with Gasteiger partial charge >= 0.3 is 5.97 Å². The molecule has 210 valence electrons. The fraction of sp³-hybridized carbons (Fsp3) is 0.793. The van der Waals surface area contributed by atoms with Gasteiger partial charge in [0.1, 0.15) is 12.3 Å². The lowest BCUT2D eigenvalue weighted by Gasteiger charge is -2.51. The SMILES string of the molecule is C=CCOC(=O)C1=C2[C@@H](CO[Si](C)(C)C(C)(C)C)CCC[C@@H]2[C@@H]2[C@@H](C(C)O[Si](C)(C)C(C)(C)C)C(=O)N12. The second-order valence-corrected chi connectivity index (χ2v) is 23.9. The molecule has 0 radical (unpaired) electrons. The third-order valence-corrected chi connectivity index (χ3v) is 18.9. The number of nitrogens with zero attached hydrogens (tertiary/aromatic N) is 1. The Balaban J connectivity index is 1.93. The molecule has 3 rings (SSSR count). The summed E-state index contributed by atoms with van der Waals surface area (Å²) in [5, 5.41) is 0.167. The van der Waals surface area contributed by atoms with Gasteiger partial charge in [-0.2, -0.15) is 0 Å². The van der Waals surface area contributed by atoms with Crippen LogP contribution in [-0.2, 0) is 23.2 Å². The number of rotatable bonds is 9. The fourth-order valence-electron chi connectivity index (χ4n) is 5.59. The number of esters is 1. The van der Waals surface area contributed by atoms with Crippen molar-refractivity contribution in [3.05, 3.63) is 23.9 Å². The van der Waals surface area contributed by atoms with Gasteiger partial charge in [-0.15, -0.1) is 0 Å². The van der Waals surface area contributed by atoms with E-state index in [0.29, 0.717) is 12.3 Å². The van der Waals surface area contributed by atoms with Crippen LogP contribution in [0.4, 0.5) is 0 Å². The summed E-state index contributed by atoms with van der Waals surface area (Å²) < 4.78 is 18.9. The van der Waals surface area contributed by atoms with Crippen LogP contribution in [0, 0.1) is 17.8 Å². The molecule has 1 amide bonds. The van der Waals surface area contributed by atoms with Crippen molar-refractivity contribution in [2.24, 2.45) is 17.8 Å². The highest BCUT2D eigenvalue weighted by Crippen LogP contribution is 2.55. The summed E-state index contributed by atoms with van der Waals surface area (Å²) in [6, 6.07) is -0.0378. The minimum Gasteiger partial charge on any atom is -0.457 e. The van der Waals surface area contributed by atoms with E-state index in [1.54, 1.807) is 11.0 Å². The molecule has 0 aromatic heterocycles. The van der Waals surface area contributed by atoms with Gasteiger partial charge in [0.15, 0.2) is 16.6 Å². The summed E-state index contributed by atoms with van der Waals surface area (Å²) in [6.45, 7) is 28.9. The highest BCUT2D eigenvalue weighted by Gasteiger charge is 2.63. The number of fused-ring (bicyclic) bond motifs is 3. The monoisotopic (exact) mass is 549 g/mol. The molecule has 1 saturated carbocycles. The van der Waals surface area contributed by atoms with Crippen molar-refractivity contribution in [1.29, 1.82) is 0 Å². The minimum atomic E-state index is -2.05. The van der Waals surface area contributed by atoms with E-state index in [2.05, 4.69) is 81.2 Å². The second kappa shape index (κ2) is 10.4. The highest BCUT2D eigenvalue weighted by molar-refractivity contribution is 6.74. The van der Waals surface area contributed by atoms with E-state index < -0.39 is 22.6 Å². The number of amides is 1. The Labute approximate surface area is 227 Å². The van der Waals surface area contributed by atoms with E-state index in [0.717, 1.165) is 24.8 Å². The zero-order chi connectivity index (χ0) is 28.1. The molecule has 37 heavy (non-hydrogen) atoms. The quantitative estimate of drug-likeness (QED) is 0.139. The Morgan fingerprint density at radius 1 is 1.08 bits per heavy atom. The van der Waals surface area contributed by atoms with Crippen LogP contribution in [0.3, 0.4) is 0 Å². The van der Waals surface area contributed by atoms with E-state index in [9.17, 15) is 9.59 Å². The summed E-state index contributed by atoms with van der Waals surface area (Å²) >= 11 is 0. The van der Waals surface area contributed by atoms with E-state index >= 15 is 0 Å². The van der Waals surface area contributed by atoms with Gasteiger partial charge in [-0.25, -0.2) is 4.79 Å². The lowest BCUT2D eigenvalue weighted by Crippen LogP contribution is -2.65. The van der Waals surface area contributed by atoms with Gasteiger partial charge in [-0.1, -0.05) is 60.6 Å². The Morgan fingerprint density at radius 2 is 1.68 bits per heavy atom. The first kappa shape index (κ1) is 30.3. The van der Waals surface area contributed by atoms with Crippen LogP contribution < -0.4 is 0 Å². The normalized spacial score (nSPS) is 27.4. The van der Waals surface area contributed by atoms with Gasteiger partial charge in [0.2, 0.25) is 5.91 Å². The molecule has 2 heterocycles. The maximum Gasteiger partial charge on any atom is 0.355 e. The topological polar surface area (TPSA) is 65.1 Å². The van der Waals surface area contributed by atoms with Crippen LogP contribution in [0.2, 0.25) is 36.3 Å². The number of hydrogen-bond donors (Lipinski definition) is 0. The van der Waals surface area contributed by atoms with Gasteiger partial charge in [0, 0.05) is 18.4 Å². The van der Waals surface area contributed by atoms with Crippen molar-refractivity contribution < 1.29 is 23.2 Å². The smallest absolute Gasteiger partial charge is 0.355 e. The van der Waals surface area contributed by atoms with E-state index in [1.165, 1.54) is 0 Å². The van der Waals surface area contributed by atoms with Crippen molar-refractivity contribution in [2.45, 2.75) is 116 Å². The highest BCUT2D eigenvalue weighted by atomic mass is 28.4. The summed E-state index contributed by atoms with van der Waals surface area (Å²) in [5.41, 5.74) is 1.56. The molecule has 1 aliphatic carbocycles. The molecule has 2 aliphatic heterocycles. The number of carbonyl (C=O) groups is 2. The Morgan fingerprint density at radius 3 is 2.22 bits per heavy atom. The largest absolute Gasteiger partial charge is 0.457 e. The molecule has 8 heteroatoms. The van der Waals surface area contributed by atoms with Crippen LogP contribution in [-0.4, -0.2) is 58.8 Å². The average molecular weight is 550 g/mol. The first-order valence-electron chi connectivity index (χ1n) is 14.0. The lowest BCUT2D eigenvalue weighted by atomic mass is 9.69. The molecule has 0 aromatic rings. The van der Waals surface area contributed by atoms with Crippen molar-refractivity contribution in [3.8, 4) is 0 Å². The first-order valence-corrected chi connectivity index (χ1v) is 19.8. The van der Waals surface area contributed by atoms with Crippen LogP contribution in [0.25, 0.3) is 0 Å². The Bertz CT molecular complexity index is 943. The molecule has 2 fully saturated rings. The predicted molar refractivity (Wildman–Crippen MR) is 154 cm³/mol. The van der Waals surface area contributed by atoms with E-state index in [4.69, 9.17) is 13.6 Å².